The molecule has 1 amide bonds. The number of hydrogen-bond donors (Lipinski definition) is 0. The van der Waals surface area contributed by atoms with E-state index in [1.165, 1.54) is 5.56 Å². The van der Waals surface area contributed by atoms with E-state index in [0.29, 0.717) is 6.42 Å². The van der Waals surface area contributed by atoms with Crippen molar-refractivity contribution in [1.29, 1.82) is 0 Å². The van der Waals surface area contributed by atoms with Crippen LogP contribution in [0, 0.1) is 0 Å². The van der Waals surface area contributed by atoms with E-state index in [2.05, 4.69) is 27.0 Å². The summed E-state index contributed by atoms with van der Waals surface area (Å²) in [5.41, 5.74) is 3.11. The third kappa shape index (κ3) is 4.76. The minimum Gasteiger partial charge on any atom is -0.497 e. The standard InChI is InChI=1S/C24H26N4O2/c1-30-21-10-8-20(9-11-21)22-17-23(26-18-25-22)27-13-15-28(16-14-27)24(29)12-7-19-5-3-2-4-6-19/h2-6,8-11,17-18H,7,12-16H2,1H3. The number of ether oxygens (including phenoxy) is 1. The highest BCUT2D eigenvalue weighted by molar-refractivity contribution is 5.76. The Kier molecular flexibility index (Phi) is 6.23. The Balaban J connectivity index is 1.34. The molecule has 0 N–H and O–H groups in total. The van der Waals surface area contributed by atoms with E-state index >= 15 is 0 Å². The fourth-order valence-electron chi connectivity index (χ4n) is 3.68. The van der Waals surface area contributed by atoms with Gasteiger partial charge in [0.1, 0.15) is 17.9 Å². The molecular formula is C24H26N4O2. The van der Waals surface area contributed by atoms with Gasteiger partial charge in [-0.2, -0.15) is 0 Å². The van der Waals surface area contributed by atoms with Crippen molar-refractivity contribution in [3.8, 4) is 17.0 Å². The van der Waals surface area contributed by atoms with Crippen LogP contribution in [0.2, 0.25) is 0 Å². The lowest BCUT2D eigenvalue weighted by Crippen LogP contribution is -2.49. The maximum atomic E-state index is 12.6. The quantitative estimate of drug-likeness (QED) is 0.632. The van der Waals surface area contributed by atoms with Crippen LogP contribution in [0.1, 0.15) is 12.0 Å². The smallest absolute Gasteiger partial charge is 0.223 e. The summed E-state index contributed by atoms with van der Waals surface area (Å²) in [6, 6.07) is 20.0. The number of carbonyl (C=O) groups is 1. The average molecular weight is 402 g/mol. The van der Waals surface area contributed by atoms with Crippen LogP contribution in [-0.4, -0.2) is 54.1 Å². The minimum atomic E-state index is 0.222. The van der Waals surface area contributed by atoms with Crippen LogP contribution >= 0.6 is 0 Å². The molecule has 0 saturated carbocycles. The first kappa shape index (κ1) is 19.9. The highest BCUT2D eigenvalue weighted by atomic mass is 16.5. The second kappa shape index (κ2) is 9.39. The average Bonchev–Trinajstić information content (AvgIpc) is 2.83. The topological polar surface area (TPSA) is 58.6 Å². The third-order valence-electron chi connectivity index (χ3n) is 5.47. The highest BCUT2D eigenvalue weighted by Gasteiger charge is 2.22. The number of aryl methyl sites for hydroxylation is 1. The lowest BCUT2D eigenvalue weighted by molar-refractivity contribution is -0.131. The van der Waals surface area contributed by atoms with Gasteiger partial charge < -0.3 is 14.5 Å². The van der Waals surface area contributed by atoms with Gasteiger partial charge in [-0.05, 0) is 36.2 Å². The number of benzene rings is 2. The zero-order valence-corrected chi connectivity index (χ0v) is 17.2. The molecule has 3 aromatic rings. The second-order valence-electron chi connectivity index (χ2n) is 7.34. The van der Waals surface area contributed by atoms with Crippen LogP contribution in [0.4, 0.5) is 5.82 Å². The Bertz CT molecular complexity index is 968. The Morgan fingerprint density at radius 3 is 2.40 bits per heavy atom. The molecule has 1 aromatic heterocycles. The number of rotatable bonds is 6. The van der Waals surface area contributed by atoms with Crippen molar-refractivity contribution in [2.24, 2.45) is 0 Å². The van der Waals surface area contributed by atoms with Gasteiger partial charge in [-0.1, -0.05) is 30.3 Å². The van der Waals surface area contributed by atoms with E-state index in [9.17, 15) is 4.79 Å². The van der Waals surface area contributed by atoms with E-state index in [0.717, 1.165) is 55.4 Å². The van der Waals surface area contributed by atoms with Gasteiger partial charge in [0.25, 0.3) is 0 Å². The Morgan fingerprint density at radius 2 is 1.70 bits per heavy atom. The van der Waals surface area contributed by atoms with Gasteiger partial charge >= 0.3 is 0 Å². The SMILES string of the molecule is COc1ccc(-c2cc(N3CCN(C(=O)CCc4ccccc4)CC3)ncn2)cc1. The van der Waals surface area contributed by atoms with Crippen LogP contribution in [0.15, 0.2) is 67.0 Å². The van der Waals surface area contributed by atoms with Crippen molar-refractivity contribution in [3.63, 3.8) is 0 Å². The molecule has 6 heteroatoms. The van der Waals surface area contributed by atoms with Gasteiger partial charge in [-0.25, -0.2) is 9.97 Å². The van der Waals surface area contributed by atoms with Gasteiger partial charge in [-0.3, -0.25) is 4.79 Å². The van der Waals surface area contributed by atoms with Crippen molar-refractivity contribution in [1.82, 2.24) is 14.9 Å². The first-order chi connectivity index (χ1) is 14.7. The summed E-state index contributed by atoms with van der Waals surface area (Å²) in [5.74, 6) is 1.94. The molecule has 1 saturated heterocycles. The van der Waals surface area contributed by atoms with Crippen LogP contribution in [0.25, 0.3) is 11.3 Å². The molecule has 1 aliphatic heterocycles. The maximum absolute atomic E-state index is 12.6. The molecular weight excluding hydrogens is 376 g/mol. The molecule has 0 radical (unpaired) electrons. The first-order valence-electron chi connectivity index (χ1n) is 10.3. The van der Waals surface area contributed by atoms with Crippen LogP contribution in [-0.2, 0) is 11.2 Å². The molecule has 6 nitrogen and oxygen atoms in total. The predicted octanol–water partition coefficient (Wildman–Crippen LogP) is 3.43. The summed E-state index contributed by atoms with van der Waals surface area (Å²) in [5, 5.41) is 0. The fourth-order valence-corrected chi connectivity index (χ4v) is 3.68. The molecule has 1 aliphatic rings. The van der Waals surface area contributed by atoms with E-state index in [1.807, 2.05) is 53.4 Å². The van der Waals surface area contributed by atoms with Crippen LogP contribution < -0.4 is 9.64 Å². The van der Waals surface area contributed by atoms with Gasteiger partial charge in [-0.15, -0.1) is 0 Å². The molecule has 0 atom stereocenters. The normalized spacial score (nSPS) is 13.9. The predicted molar refractivity (Wildman–Crippen MR) is 118 cm³/mol. The fraction of sp³-hybridized carbons (Fsp3) is 0.292. The first-order valence-corrected chi connectivity index (χ1v) is 10.3. The Morgan fingerprint density at radius 1 is 0.967 bits per heavy atom. The molecule has 0 bridgehead atoms. The number of methoxy groups -OCH3 is 1. The van der Waals surface area contributed by atoms with Gasteiger partial charge in [0, 0.05) is 44.2 Å². The molecule has 154 valence electrons. The van der Waals surface area contributed by atoms with Gasteiger partial charge in [0.2, 0.25) is 5.91 Å². The van der Waals surface area contributed by atoms with Crippen molar-refractivity contribution in [2.75, 3.05) is 38.2 Å². The van der Waals surface area contributed by atoms with Crippen LogP contribution in [0.5, 0.6) is 5.75 Å². The number of piperazine rings is 1. The molecule has 2 heterocycles. The molecule has 4 rings (SSSR count). The number of anilines is 1. The Hall–Kier alpha value is -3.41. The van der Waals surface area contributed by atoms with Crippen molar-refractivity contribution >= 4 is 11.7 Å². The maximum Gasteiger partial charge on any atom is 0.223 e. The zero-order valence-electron chi connectivity index (χ0n) is 17.2. The number of aromatic nitrogens is 2. The van der Waals surface area contributed by atoms with Crippen molar-refractivity contribution < 1.29 is 9.53 Å². The van der Waals surface area contributed by atoms with E-state index in [4.69, 9.17) is 4.74 Å². The second-order valence-corrected chi connectivity index (χ2v) is 7.34. The third-order valence-corrected chi connectivity index (χ3v) is 5.47. The van der Waals surface area contributed by atoms with E-state index in [1.54, 1.807) is 13.4 Å². The molecule has 0 spiro atoms. The molecule has 0 aliphatic carbocycles. The molecule has 30 heavy (non-hydrogen) atoms. The van der Waals surface area contributed by atoms with E-state index < -0.39 is 0 Å². The van der Waals surface area contributed by atoms with E-state index in [-0.39, 0.29) is 5.91 Å². The van der Waals surface area contributed by atoms with Crippen LogP contribution in [0.3, 0.4) is 0 Å². The molecule has 2 aromatic carbocycles. The summed E-state index contributed by atoms with van der Waals surface area (Å²) in [4.78, 5) is 25.6. The summed E-state index contributed by atoms with van der Waals surface area (Å²) in [7, 11) is 1.66. The van der Waals surface area contributed by atoms with Crippen molar-refractivity contribution in [3.05, 3.63) is 72.6 Å². The monoisotopic (exact) mass is 402 g/mol. The summed E-state index contributed by atoms with van der Waals surface area (Å²) in [6.45, 7) is 2.98. The zero-order chi connectivity index (χ0) is 20.8. The largest absolute Gasteiger partial charge is 0.497 e. The van der Waals surface area contributed by atoms with Crippen molar-refractivity contribution in [2.45, 2.75) is 12.8 Å². The lowest BCUT2D eigenvalue weighted by Gasteiger charge is -2.35. The minimum absolute atomic E-state index is 0.222. The number of amides is 1. The van der Waals surface area contributed by atoms with Gasteiger partial charge in [0.15, 0.2) is 0 Å². The lowest BCUT2D eigenvalue weighted by atomic mass is 10.1. The number of nitrogens with zero attached hydrogens (tertiary/aromatic N) is 4. The number of carbonyl (C=O) groups excluding carboxylic acids is 1. The summed E-state index contributed by atoms with van der Waals surface area (Å²) in [6.07, 6.45) is 2.95. The summed E-state index contributed by atoms with van der Waals surface area (Å²) < 4.78 is 5.22. The molecule has 0 unspecified atom stereocenters. The number of hydrogen-bond acceptors (Lipinski definition) is 5. The summed E-state index contributed by atoms with van der Waals surface area (Å²) >= 11 is 0. The Labute approximate surface area is 177 Å². The van der Waals surface area contributed by atoms with Gasteiger partial charge in [0.05, 0.1) is 12.8 Å². The highest BCUT2D eigenvalue weighted by Crippen LogP contribution is 2.23. The molecule has 1 fully saturated rings.